The van der Waals surface area contributed by atoms with Gasteiger partial charge in [-0.1, -0.05) is 0 Å². The van der Waals surface area contributed by atoms with Crippen LogP contribution in [0.5, 0.6) is 5.88 Å². The Morgan fingerprint density at radius 3 is 2.25 bits per heavy atom. The Morgan fingerprint density at radius 2 is 1.69 bits per heavy atom. The van der Waals surface area contributed by atoms with Gasteiger partial charge in [-0.2, -0.15) is 9.97 Å². The average molecular weight is 468 g/mol. The van der Waals surface area contributed by atoms with Crippen LogP contribution in [0.25, 0.3) is 11.2 Å². The molecule has 10 nitrogen and oxygen atoms in total. The van der Waals surface area contributed by atoms with E-state index in [1.165, 1.54) is 7.11 Å². The molecule has 3 heterocycles. The minimum absolute atomic E-state index is 0.0931. The Bertz CT molecular complexity index is 924. The molecule has 0 bridgehead atoms. The predicted octanol–water partition coefficient (Wildman–Crippen LogP) is 2.68. The van der Waals surface area contributed by atoms with Crippen LogP contribution in [0.2, 0.25) is 13.1 Å². The van der Waals surface area contributed by atoms with Crippen molar-refractivity contribution in [3.05, 3.63) is 6.33 Å². The lowest BCUT2D eigenvalue weighted by Gasteiger charge is -2.35. The van der Waals surface area contributed by atoms with Gasteiger partial charge in [-0.15, -0.1) is 0 Å². The molecule has 11 heteroatoms. The predicted molar refractivity (Wildman–Crippen MR) is 124 cm³/mol. The highest BCUT2D eigenvalue weighted by molar-refractivity contribution is 6.48. The number of nitrogen functional groups attached to an aromatic ring is 1. The van der Waals surface area contributed by atoms with Crippen molar-refractivity contribution in [1.82, 2.24) is 19.5 Å². The first kappa shape index (κ1) is 24.8. The van der Waals surface area contributed by atoms with Crippen LogP contribution in [-0.2, 0) is 18.6 Å². The van der Waals surface area contributed by atoms with Crippen LogP contribution in [0.3, 0.4) is 0 Å². The lowest BCUT2D eigenvalue weighted by molar-refractivity contribution is -0.163. The maximum Gasteiger partial charge on any atom is 0.246 e. The Labute approximate surface area is 191 Å². The van der Waals surface area contributed by atoms with Crippen LogP contribution in [0.1, 0.15) is 47.8 Å². The monoisotopic (exact) mass is 467 g/mol. The van der Waals surface area contributed by atoms with E-state index in [0.29, 0.717) is 23.7 Å². The molecular formula is C21H37N5O5Si. The van der Waals surface area contributed by atoms with E-state index in [2.05, 4.69) is 28.0 Å². The molecule has 1 saturated heterocycles. The summed E-state index contributed by atoms with van der Waals surface area (Å²) in [6.45, 7) is 16.8. The van der Waals surface area contributed by atoms with Crippen molar-refractivity contribution < 1.29 is 23.4 Å². The zero-order valence-corrected chi connectivity index (χ0v) is 21.7. The van der Waals surface area contributed by atoms with E-state index in [0.717, 1.165) is 0 Å². The van der Waals surface area contributed by atoms with E-state index in [1.807, 2.05) is 46.1 Å². The molecule has 3 rings (SSSR count). The minimum Gasteiger partial charge on any atom is -0.479 e. The zero-order valence-electron chi connectivity index (χ0n) is 20.6. The van der Waals surface area contributed by atoms with Crippen LogP contribution < -0.4 is 10.5 Å². The van der Waals surface area contributed by atoms with Gasteiger partial charge < -0.3 is 29.1 Å². The topological polar surface area (TPSA) is 116 Å². The molecule has 1 aliphatic rings. The van der Waals surface area contributed by atoms with Crippen LogP contribution in [-0.4, -0.2) is 71.8 Å². The normalized spacial score (nSPS) is 24.6. The van der Waals surface area contributed by atoms with Crippen LogP contribution >= 0.6 is 0 Å². The molecule has 0 aliphatic carbocycles. The molecule has 0 radical (unpaired) electrons. The van der Waals surface area contributed by atoms with Crippen molar-refractivity contribution in [1.29, 1.82) is 0 Å². The summed E-state index contributed by atoms with van der Waals surface area (Å²) in [5, 5.41) is 0. The summed E-state index contributed by atoms with van der Waals surface area (Å²) >= 11 is 0. The number of nitrogens with two attached hydrogens (primary N) is 1. The molecule has 0 spiro atoms. The SMILES string of the molecule is COc1nc(N)nc2c1ncn2[C@@H]1O[C@H](CO[SiH](C)C)[C@@H](OC(C)(C)C)[C@@H]1OC(C)(C)C. The summed E-state index contributed by atoms with van der Waals surface area (Å²) in [6, 6.07) is 0. The third-order valence-corrected chi connectivity index (χ3v) is 5.59. The van der Waals surface area contributed by atoms with Crippen LogP contribution in [0.4, 0.5) is 5.95 Å². The first-order valence-electron chi connectivity index (χ1n) is 11.0. The van der Waals surface area contributed by atoms with Gasteiger partial charge in [0.2, 0.25) is 11.8 Å². The fraction of sp³-hybridized carbons (Fsp3) is 0.762. The third kappa shape index (κ3) is 5.76. The highest BCUT2D eigenvalue weighted by atomic mass is 28.3. The zero-order chi connectivity index (χ0) is 23.8. The van der Waals surface area contributed by atoms with Gasteiger partial charge in [-0.25, -0.2) is 4.98 Å². The number of fused-ring (bicyclic) bond motifs is 1. The third-order valence-electron chi connectivity index (χ3n) is 4.73. The number of ether oxygens (including phenoxy) is 4. The summed E-state index contributed by atoms with van der Waals surface area (Å²) in [4.78, 5) is 13.0. The van der Waals surface area contributed by atoms with Gasteiger partial charge in [0.05, 0.1) is 31.2 Å². The minimum atomic E-state index is -1.26. The van der Waals surface area contributed by atoms with Crippen LogP contribution in [0, 0.1) is 0 Å². The van der Waals surface area contributed by atoms with Crippen molar-refractivity contribution in [2.45, 2.75) is 90.4 Å². The second-order valence-electron chi connectivity index (χ2n) is 10.3. The number of nitrogens with zero attached hydrogens (tertiary/aromatic N) is 4. The second kappa shape index (κ2) is 9.22. The number of hydrogen-bond acceptors (Lipinski definition) is 9. The largest absolute Gasteiger partial charge is 0.479 e. The second-order valence-corrected chi connectivity index (χ2v) is 12.7. The molecular weight excluding hydrogens is 430 g/mol. The highest BCUT2D eigenvalue weighted by Crippen LogP contribution is 2.39. The fourth-order valence-corrected chi connectivity index (χ4v) is 4.25. The lowest BCUT2D eigenvalue weighted by Crippen LogP contribution is -2.45. The van der Waals surface area contributed by atoms with E-state index in [1.54, 1.807) is 6.33 Å². The first-order valence-corrected chi connectivity index (χ1v) is 13.7. The summed E-state index contributed by atoms with van der Waals surface area (Å²) in [5.74, 6) is 0.404. The van der Waals surface area contributed by atoms with E-state index in [9.17, 15) is 0 Å². The standard InChI is InChI=1S/C21H37N5O5Si/c1-20(2,3)30-14-12(10-28-32(8)9)29-18(15(14)31-21(4,5)6)26-11-23-13-16(26)24-19(22)25-17(13)27-7/h11-12,14-15,18,32H,10H2,1-9H3,(H2,22,24,25)/t12-,14-,15+,18-/m1/s1. The molecule has 0 saturated carbocycles. The van der Waals surface area contributed by atoms with Crippen molar-refractivity contribution in [3.8, 4) is 5.88 Å². The quantitative estimate of drug-likeness (QED) is 0.613. The summed E-state index contributed by atoms with van der Waals surface area (Å²) in [5.41, 5.74) is 6.11. The molecule has 0 amide bonds. The molecule has 1 aliphatic heterocycles. The van der Waals surface area contributed by atoms with Gasteiger partial charge in [-0.05, 0) is 54.6 Å². The molecule has 1 fully saturated rings. The number of imidazole rings is 1. The highest BCUT2D eigenvalue weighted by Gasteiger charge is 2.50. The molecule has 2 aromatic heterocycles. The van der Waals surface area contributed by atoms with Gasteiger partial charge in [-0.3, -0.25) is 4.57 Å². The Kier molecular flexibility index (Phi) is 7.16. The number of methoxy groups -OCH3 is 1. The van der Waals surface area contributed by atoms with Gasteiger partial charge in [0.25, 0.3) is 0 Å². The Balaban J connectivity index is 2.07. The van der Waals surface area contributed by atoms with Crippen molar-refractivity contribution >= 4 is 26.2 Å². The molecule has 4 atom stereocenters. The molecule has 0 aromatic carbocycles. The number of hydrogen-bond donors (Lipinski definition) is 1. The molecule has 0 unspecified atom stereocenters. The van der Waals surface area contributed by atoms with Gasteiger partial charge >= 0.3 is 0 Å². The van der Waals surface area contributed by atoms with E-state index in [-0.39, 0.29) is 18.2 Å². The summed E-state index contributed by atoms with van der Waals surface area (Å²) < 4.78 is 32.7. The number of rotatable bonds is 7. The fourth-order valence-electron chi connectivity index (χ4n) is 3.67. The maximum atomic E-state index is 6.52. The van der Waals surface area contributed by atoms with Crippen molar-refractivity contribution in [3.63, 3.8) is 0 Å². The molecule has 2 N–H and O–H groups in total. The van der Waals surface area contributed by atoms with Crippen molar-refractivity contribution in [2.24, 2.45) is 0 Å². The Hall–Kier alpha value is -1.79. The molecule has 2 aromatic rings. The molecule has 32 heavy (non-hydrogen) atoms. The number of aromatic nitrogens is 4. The lowest BCUT2D eigenvalue weighted by atomic mass is 10.1. The molecule has 180 valence electrons. The summed E-state index contributed by atoms with van der Waals surface area (Å²) in [6.07, 6.45) is -0.00528. The smallest absolute Gasteiger partial charge is 0.246 e. The average Bonchev–Trinajstić information content (AvgIpc) is 3.19. The van der Waals surface area contributed by atoms with Crippen molar-refractivity contribution in [2.75, 3.05) is 19.5 Å². The summed E-state index contributed by atoms with van der Waals surface area (Å²) in [7, 11) is 0.263. The van der Waals surface area contributed by atoms with E-state index in [4.69, 9.17) is 29.1 Å². The first-order chi connectivity index (χ1) is 14.8. The number of anilines is 1. The van der Waals surface area contributed by atoms with Crippen LogP contribution in [0.15, 0.2) is 6.33 Å². The Morgan fingerprint density at radius 1 is 1.06 bits per heavy atom. The van der Waals surface area contributed by atoms with E-state index < -0.39 is 32.6 Å². The van der Waals surface area contributed by atoms with Gasteiger partial charge in [0.15, 0.2) is 26.4 Å². The van der Waals surface area contributed by atoms with Gasteiger partial charge in [0.1, 0.15) is 18.3 Å². The van der Waals surface area contributed by atoms with Gasteiger partial charge in [0, 0.05) is 0 Å². The van der Waals surface area contributed by atoms with E-state index >= 15 is 0 Å². The maximum absolute atomic E-state index is 6.52.